The largest absolute Gasteiger partial charge is 0.306 e. The molecule has 2 aromatic rings. The third-order valence-electron chi connectivity index (χ3n) is 3.20. The molecule has 2 heterocycles. The van der Waals surface area contributed by atoms with Crippen molar-refractivity contribution in [3.63, 3.8) is 0 Å². The van der Waals surface area contributed by atoms with Crippen molar-refractivity contribution in [1.82, 2.24) is 19.7 Å². The van der Waals surface area contributed by atoms with E-state index >= 15 is 0 Å². The van der Waals surface area contributed by atoms with E-state index in [0.29, 0.717) is 16.8 Å². The average Bonchev–Trinajstić information content (AvgIpc) is 3.10. The second kappa shape index (κ2) is 6.15. The van der Waals surface area contributed by atoms with Crippen molar-refractivity contribution in [1.29, 1.82) is 0 Å². The van der Waals surface area contributed by atoms with Gasteiger partial charge in [-0.3, -0.25) is 4.79 Å². The first kappa shape index (κ1) is 14.5. The lowest BCUT2D eigenvalue weighted by Gasteiger charge is -2.06. The van der Waals surface area contributed by atoms with Gasteiger partial charge in [0.2, 0.25) is 5.91 Å². The van der Waals surface area contributed by atoms with Gasteiger partial charge in [0.1, 0.15) is 5.82 Å². The SMILES string of the molecule is CCn1c(SCC(=O)Nc2nc(C)cs2)nnc1C1CC1. The van der Waals surface area contributed by atoms with E-state index in [1.54, 1.807) is 0 Å². The van der Waals surface area contributed by atoms with Gasteiger partial charge in [-0.25, -0.2) is 4.98 Å². The van der Waals surface area contributed by atoms with Crippen LogP contribution in [-0.4, -0.2) is 31.4 Å². The van der Waals surface area contributed by atoms with Gasteiger partial charge in [-0.05, 0) is 26.7 Å². The van der Waals surface area contributed by atoms with Crippen LogP contribution in [0.4, 0.5) is 5.13 Å². The topological polar surface area (TPSA) is 72.7 Å². The zero-order valence-electron chi connectivity index (χ0n) is 12.0. The van der Waals surface area contributed by atoms with Gasteiger partial charge in [0.25, 0.3) is 0 Å². The summed E-state index contributed by atoms with van der Waals surface area (Å²) < 4.78 is 2.11. The molecule has 1 aliphatic rings. The van der Waals surface area contributed by atoms with Crippen LogP contribution in [0.15, 0.2) is 10.5 Å². The van der Waals surface area contributed by atoms with Gasteiger partial charge in [-0.15, -0.1) is 21.5 Å². The van der Waals surface area contributed by atoms with Crippen molar-refractivity contribution in [2.24, 2.45) is 0 Å². The van der Waals surface area contributed by atoms with Crippen molar-refractivity contribution in [2.45, 2.75) is 44.3 Å². The Morgan fingerprint density at radius 2 is 2.33 bits per heavy atom. The molecule has 8 heteroatoms. The maximum Gasteiger partial charge on any atom is 0.236 e. The number of nitrogens with one attached hydrogen (secondary N) is 1. The molecule has 0 saturated heterocycles. The predicted molar refractivity (Wildman–Crippen MR) is 83.9 cm³/mol. The summed E-state index contributed by atoms with van der Waals surface area (Å²) in [6.45, 7) is 4.83. The van der Waals surface area contributed by atoms with Crippen molar-refractivity contribution in [3.05, 3.63) is 16.9 Å². The third-order valence-corrected chi connectivity index (χ3v) is 5.04. The zero-order valence-corrected chi connectivity index (χ0v) is 13.6. The fraction of sp³-hybridized carbons (Fsp3) is 0.538. The first-order valence-electron chi connectivity index (χ1n) is 6.95. The number of aryl methyl sites for hydroxylation is 1. The number of thioether (sulfide) groups is 1. The fourth-order valence-electron chi connectivity index (χ4n) is 2.04. The minimum absolute atomic E-state index is 0.0621. The molecule has 21 heavy (non-hydrogen) atoms. The summed E-state index contributed by atoms with van der Waals surface area (Å²) >= 11 is 2.86. The van der Waals surface area contributed by atoms with Gasteiger partial charge in [0.15, 0.2) is 10.3 Å². The van der Waals surface area contributed by atoms with E-state index in [1.807, 2.05) is 12.3 Å². The molecule has 0 aliphatic heterocycles. The number of amides is 1. The number of nitrogens with zero attached hydrogens (tertiary/aromatic N) is 4. The molecule has 0 bridgehead atoms. The van der Waals surface area contributed by atoms with Gasteiger partial charge in [0.05, 0.1) is 11.4 Å². The van der Waals surface area contributed by atoms with Gasteiger partial charge < -0.3 is 9.88 Å². The molecule has 0 unspecified atom stereocenters. The zero-order chi connectivity index (χ0) is 14.8. The van der Waals surface area contributed by atoms with Crippen LogP contribution in [0, 0.1) is 6.92 Å². The lowest BCUT2D eigenvalue weighted by Crippen LogP contribution is -2.14. The number of hydrogen-bond acceptors (Lipinski definition) is 6. The Kier molecular flexibility index (Phi) is 4.25. The van der Waals surface area contributed by atoms with E-state index < -0.39 is 0 Å². The summed E-state index contributed by atoms with van der Waals surface area (Å²) in [5, 5.41) is 14.7. The standard InChI is InChI=1S/C13H17N5OS2/c1-3-18-11(9-4-5-9)16-17-13(18)21-7-10(19)15-12-14-8(2)6-20-12/h6,9H,3-5,7H2,1-2H3,(H,14,15,19). The average molecular weight is 323 g/mol. The molecule has 2 aromatic heterocycles. The van der Waals surface area contributed by atoms with Crippen molar-refractivity contribution < 1.29 is 4.79 Å². The molecule has 3 rings (SSSR count). The first-order valence-corrected chi connectivity index (χ1v) is 8.81. The molecule has 0 aromatic carbocycles. The highest BCUT2D eigenvalue weighted by Crippen LogP contribution is 2.39. The summed E-state index contributed by atoms with van der Waals surface area (Å²) in [5.41, 5.74) is 0.919. The predicted octanol–water partition coefficient (Wildman–Crippen LogP) is 2.67. The molecule has 0 atom stereocenters. The summed E-state index contributed by atoms with van der Waals surface area (Å²) in [6, 6.07) is 0. The van der Waals surface area contributed by atoms with Gasteiger partial charge in [0, 0.05) is 17.8 Å². The van der Waals surface area contributed by atoms with E-state index in [0.717, 1.165) is 23.2 Å². The van der Waals surface area contributed by atoms with E-state index in [4.69, 9.17) is 0 Å². The number of aromatic nitrogens is 4. The molecule has 6 nitrogen and oxygen atoms in total. The highest BCUT2D eigenvalue weighted by Gasteiger charge is 2.30. The molecule has 1 saturated carbocycles. The second-order valence-electron chi connectivity index (χ2n) is 4.99. The van der Waals surface area contributed by atoms with Crippen molar-refractivity contribution in [3.8, 4) is 0 Å². The Hall–Kier alpha value is -1.41. The molecule has 112 valence electrons. The lowest BCUT2D eigenvalue weighted by molar-refractivity contribution is -0.113. The van der Waals surface area contributed by atoms with E-state index in [2.05, 4.69) is 32.0 Å². The van der Waals surface area contributed by atoms with Crippen LogP contribution >= 0.6 is 23.1 Å². The number of carbonyl (C=O) groups excluding carboxylic acids is 1. The third kappa shape index (κ3) is 3.44. The minimum atomic E-state index is -0.0621. The molecule has 1 fully saturated rings. The lowest BCUT2D eigenvalue weighted by atomic mass is 10.4. The summed E-state index contributed by atoms with van der Waals surface area (Å²) in [4.78, 5) is 16.1. The Balaban J connectivity index is 1.58. The van der Waals surface area contributed by atoms with Crippen LogP contribution in [0.25, 0.3) is 0 Å². The van der Waals surface area contributed by atoms with Gasteiger partial charge in [-0.2, -0.15) is 0 Å². The number of carbonyl (C=O) groups is 1. The van der Waals surface area contributed by atoms with Gasteiger partial charge >= 0.3 is 0 Å². The Morgan fingerprint density at radius 3 is 2.95 bits per heavy atom. The molecule has 1 amide bonds. The van der Waals surface area contributed by atoms with Crippen LogP contribution in [0.5, 0.6) is 0 Å². The second-order valence-corrected chi connectivity index (χ2v) is 6.79. The van der Waals surface area contributed by atoms with Crippen LogP contribution in [-0.2, 0) is 11.3 Å². The smallest absolute Gasteiger partial charge is 0.236 e. The van der Waals surface area contributed by atoms with Crippen LogP contribution < -0.4 is 5.32 Å². The number of thiazole rings is 1. The Morgan fingerprint density at radius 1 is 1.52 bits per heavy atom. The van der Waals surface area contributed by atoms with Crippen LogP contribution in [0.1, 0.15) is 37.2 Å². The molecule has 0 spiro atoms. The fourth-order valence-corrected chi connectivity index (χ4v) is 3.56. The number of hydrogen-bond donors (Lipinski definition) is 1. The summed E-state index contributed by atoms with van der Waals surface area (Å²) in [6.07, 6.45) is 2.40. The molecule has 1 aliphatic carbocycles. The Labute approximate surface area is 131 Å². The van der Waals surface area contributed by atoms with E-state index in [9.17, 15) is 4.79 Å². The maximum absolute atomic E-state index is 11.9. The first-order chi connectivity index (χ1) is 10.2. The molecule has 0 radical (unpaired) electrons. The number of anilines is 1. The van der Waals surface area contributed by atoms with Crippen molar-refractivity contribution >= 4 is 34.1 Å². The highest BCUT2D eigenvalue weighted by molar-refractivity contribution is 7.99. The van der Waals surface area contributed by atoms with Gasteiger partial charge in [-0.1, -0.05) is 11.8 Å². The monoisotopic (exact) mass is 323 g/mol. The van der Waals surface area contributed by atoms with E-state index in [-0.39, 0.29) is 5.91 Å². The summed E-state index contributed by atoms with van der Waals surface area (Å²) in [5.74, 6) is 1.89. The molecular weight excluding hydrogens is 306 g/mol. The maximum atomic E-state index is 11.9. The quantitative estimate of drug-likeness (QED) is 0.827. The Bertz CT molecular complexity index is 647. The highest BCUT2D eigenvalue weighted by atomic mass is 32.2. The minimum Gasteiger partial charge on any atom is -0.306 e. The number of rotatable bonds is 6. The van der Waals surface area contributed by atoms with Crippen molar-refractivity contribution in [2.75, 3.05) is 11.1 Å². The van der Waals surface area contributed by atoms with Crippen LogP contribution in [0.2, 0.25) is 0 Å². The normalized spacial score (nSPS) is 14.4. The van der Waals surface area contributed by atoms with E-state index in [1.165, 1.54) is 35.9 Å². The molecule has 1 N–H and O–H groups in total. The molecular formula is C13H17N5OS2. The summed E-state index contributed by atoms with van der Waals surface area (Å²) in [7, 11) is 0. The van der Waals surface area contributed by atoms with Crippen LogP contribution in [0.3, 0.4) is 0 Å².